The molecule has 0 saturated carbocycles. The van der Waals surface area contributed by atoms with E-state index in [1.54, 1.807) is 0 Å². The Hall–Kier alpha value is 1.09. The topological polar surface area (TPSA) is 0 Å². The van der Waals surface area contributed by atoms with E-state index >= 15 is 0 Å². The van der Waals surface area contributed by atoms with Gasteiger partial charge in [-0.25, -0.2) is 0 Å². The van der Waals surface area contributed by atoms with E-state index in [4.69, 9.17) is 8.92 Å². The number of hydrogen-bond donors (Lipinski definition) is 0. The molecule has 0 aromatic carbocycles. The van der Waals surface area contributed by atoms with Crippen LogP contribution in [0.4, 0.5) is 0 Å². The molecule has 0 rings (SSSR count). The average Bonchev–Trinajstić information content (AvgIpc) is 2.46. The van der Waals surface area contributed by atoms with Crippen LogP contribution in [0, 0.1) is 34.0 Å². The van der Waals surface area contributed by atoms with Crippen molar-refractivity contribution < 1.29 is 0 Å². The Kier molecular flexibility index (Phi) is 12.8. The van der Waals surface area contributed by atoms with Gasteiger partial charge < -0.3 is 0 Å². The summed E-state index contributed by atoms with van der Waals surface area (Å²) in [5.74, 6) is 2.33. The fourth-order valence-corrected chi connectivity index (χ4v) is 19.4. The van der Waals surface area contributed by atoms with Gasteiger partial charge >= 0.3 is 195 Å². The van der Waals surface area contributed by atoms with Gasteiger partial charge in [-0.1, -0.05) is 0 Å². The zero-order chi connectivity index (χ0) is 23.1. The molecule has 29 heavy (non-hydrogen) atoms. The molecule has 176 valence electrons. The first-order chi connectivity index (χ1) is 12.9. The van der Waals surface area contributed by atoms with Gasteiger partial charge in [0.2, 0.25) is 0 Å². The van der Waals surface area contributed by atoms with Gasteiger partial charge in [-0.15, -0.1) is 0 Å². The SMILES string of the molecule is CC(C)CC(C)(C)C[CH2][Sn]([Cl])([CH2]CC(C)(C)CC(C)C)[CH2]CC(C)(C)CC(C)C. The van der Waals surface area contributed by atoms with Gasteiger partial charge in [-0.3, -0.25) is 0 Å². The monoisotopic (exact) mass is 536 g/mol. The molecule has 2 heteroatoms. The summed E-state index contributed by atoms with van der Waals surface area (Å²) in [6, 6.07) is 0. The van der Waals surface area contributed by atoms with Crippen LogP contribution in [0.25, 0.3) is 0 Å². The Bertz CT molecular complexity index is 381. The van der Waals surface area contributed by atoms with Crippen molar-refractivity contribution in [2.75, 3.05) is 0 Å². The molecular weight excluding hydrogens is 478 g/mol. The van der Waals surface area contributed by atoms with Crippen molar-refractivity contribution >= 4 is 26.2 Å². The van der Waals surface area contributed by atoms with Gasteiger partial charge in [0.25, 0.3) is 0 Å². The van der Waals surface area contributed by atoms with Crippen LogP contribution < -0.4 is 0 Å². The van der Waals surface area contributed by atoms with Crippen LogP contribution in [-0.2, 0) is 0 Å². The van der Waals surface area contributed by atoms with Crippen LogP contribution in [0.15, 0.2) is 0 Å². The van der Waals surface area contributed by atoms with Crippen LogP contribution in [0.3, 0.4) is 0 Å². The average molecular weight is 536 g/mol. The van der Waals surface area contributed by atoms with Crippen molar-refractivity contribution in [1.29, 1.82) is 0 Å². The van der Waals surface area contributed by atoms with E-state index in [2.05, 4.69) is 83.1 Å². The summed E-state index contributed by atoms with van der Waals surface area (Å²) in [7, 11) is 7.68. The maximum atomic E-state index is 7.68. The van der Waals surface area contributed by atoms with Crippen LogP contribution >= 0.6 is 8.92 Å². The molecule has 0 bridgehead atoms. The van der Waals surface area contributed by atoms with E-state index in [0.717, 1.165) is 17.8 Å². The van der Waals surface area contributed by atoms with Gasteiger partial charge in [-0.05, 0) is 0 Å². The second kappa shape index (κ2) is 12.4. The number of halogens is 1. The molecule has 0 nitrogen and oxygen atoms in total. The predicted molar refractivity (Wildman–Crippen MR) is 140 cm³/mol. The molecule has 0 aliphatic heterocycles. The third kappa shape index (κ3) is 15.5. The van der Waals surface area contributed by atoms with E-state index in [0.29, 0.717) is 16.2 Å². The fourth-order valence-electron chi connectivity index (χ4n) is 5.68. The zero-order valence-electron chi connectivity index (χ0n) is 22.5. The van der Waals surface area contributed by atoms with Crippen molar-refractivity contribution in [2.24, 2.45) is 34.0 Å². The molecule has 0 saturated heterocycles. The van der Waals surface area contributed by atoms with Crippen LogP contribution in [0.1, 0.15) is 122 Å². The Morgan fingerprint density at radius 1 is 0.517 bits per heavy atom. The Labute approximate surface area is 194 Å². The molecule has 0 aromatic heterocycles. The van der Waals surface area contributed by atoms with Gasteiger partial charge in [-0.2, -0.15) is 0 Å². The maximum absolute atomic E-state index is 7.68. The summed E-state index contributed by atoms with van der Waals surface area (Å²) < 4.78 is 4.10. The van der Waals surface area contributed by atoms with E-state index in [1.807, 2.05) is 0 Å². The summed E-state index contributed by atoms with van der Waals surface area (Å²) in [6.45, 7) is 29.0. The molecule has 0 N–H and O–H groups in total. The second-order valence-corrected chi connectivity index (χ2v) is 30.2. The molecule has 0 amide bonds. The molecule has 0 atom stereocenters. The van der Waals surface area contributed by atoms with E-state index in [-0.39, 0.29) is 0 Å². The molecule has 0 radical (unpaired) electrons. The number of hydrogen-bond acceptors (Lipinski definition) is 0. The van der Waals surface area contributed by atoms with E-state index < -0.39 is 17.3 Å². The van der Waals surface area contributed by atoms with Crippen LogP contribution in [-0.4, -0.2) is 17.3 Å². The van der Waals surface area contributed by atoms with E-state index in [1.165, 1.54) is 51.8 Å². The Balaban J connectivity index is 5.19. The van der Waals surface area contributed by atoms with Crippen molar-refractivity contribution in [2.45, 2.75) is 135 Å². The summed E-state index contributed by atoms with van der Waals surface area (Å²) in [4.78, 5) is 0. The van der Waals surface area contributed by atoms with Gasteiger partial charge in [0.05, 0.1) is 0 Å². The minimum atomic E-state index is -2.64. The van der Waals surface area contributed by atoms with Crippen molar-refractivity contribution in [1.82, 2.24) is 0 Å². The zero-order valence-corrected chi connectivity index (χ0v) is 26.1. The van der Waals surface area contributed by atoms with Crippen molar-refractivity contribution in [3.05, 3.63) is 0 Å². The summed E-state index contributed by atoms with van der Waals surface area (Å²) in [5.41, 5.74) is 1.31. The summed E-state index contributed by atoms with van der Waals surface area (Å²) >= 11 is -2.64. The fraction of sp³-hybridized carbons (Fsp3) is 1.00. The summed E-state index contributed by atoms with van der Waals surface area (Å²) in [5, 5.41) is 0. The van der Waals surface area contributed by atoms with Crippen molar-refractivity contribution in [3.63, 3.8) is 0 Å². The number of rotatable bonds is 15. The Morgan fingerprint density at radius 3 is 0.897 bits per heavy atom. The molecule has 0 heterocycles. The second-order valence-electron chi connectivity index (χ2n) is 13.9. The van der Waals surface area contributed by atoms with Gasteiger partial charge in [0.15, 0.2) is 0 Å². The first kappa shape index (κ1) is 30.1. The molecule has 0 aromatic rings. The van der Waals surface area contributed by atoms with Crippen LogP contribution in [0.5, 0.6) is 0 Å². The molecule has 0 aliphatic rings. The first-order valence-electron chi connectivity index (χ1n) is 12.6. The predicted octanol–water partition coefficient (Wildman–Crippen LogP) is 10.6. The van der Waals surface area contributed by atoms with Gasteiger partial charge in [0, 0.05) is 0 Å². The van der Waals surface area contributed by atoms with Crippen LogP contribution in [0.2, 0.25) is 13.3 Å². The van der Waals surface area contributed by atoms with E-state index in [9.17, 15) is 0 Å². The standard InChI is InChI=1S/3C9H19.ClH.Sn/c3*1-6-9(4,5)7-8(2)3;;/h3*8H,1,6-7H2,2-5H3;1H;/q;;;;+1/p-1. The third-order valence-electron chi connectivity index (χ3n) is 6.63. The third-order valence-corrected chi connectivity index (χ3v) is 20.2. The molecular formula is C27H57ClSn. The first-order valence-corrected chi connectivity index (χ1v) is 22.2. The summed E-state index contributed by atoms with van der Waals surface area (Å²) in [6.07, 6.45) is 7.97. The molecule has 0 unspecified atom stereocenters. The normalized spacial score (nSPS) is 14.5. The molecule has 0 spiro atoms. The van der Waals surface area contributed by atoms with Crippen molar-refractivity contribution in [3.8, 4) is 0 Å². The molecule has 0 fully saturated rings. The molecule has 0 aliphatic carbocycles. The van der Waals surface area contributed by atoms with Gasteiger partial charge in [0.1, 0.15) is 0 Å². The Morgan fingerprint density at radius 2 is 0.724 bits per heavy atom. The quantitative estimate of drug-likeness (QED) is 0.183. The minimum absolute atomic E-state index is 0.437.